The van der Waals surface area contributed by atoms with E-state index in [0.29, 0.717) is 17.0 Å². The van der Waals surface area contributed by atoms with Crippen LogP contribution in [0.25, 0.3) is 0 Å². The second kappa shape index (κ2) is 7.83. The van der Waals surface area contributed by atoms with E-state index in [1.807, 2.05) is 13.8 Å². The minimum atomic E-state index is -3.93. The minimum absolute atomic E-state index is 0.000541. The number of hydrogen-bond donors (Lipinski definition) is 1. The van der Waals surface area contributed by atoms with E-state index in [9.17, 15) is 21.6 Å². The van der Waals surface area contributed by atoms with E-state index in [4.69, 9.17) is 4.74 Å². The largest absolute Gasteiger partial charge is 0.491 e. The Morgan fingerprint density at radius 2 is 1.71 bits per heavy atom. The Morgan fingerprint density at radius 3 is 2.19 bits per heavy atom. The quantitative estimate of drug-likeness (QED) is 0.700. The second-order valence-electron chi connectivity index (χ2n) is 8.46. The fourth-order valence-corrected chi connectivity index (χ4v) is 6.79. The van der Waals surface area contributed by atoms with Crippen molar-refractivity contribution in [3.8, 4) is 5.75 Å². The zero-order chi connectivity index (χ0) is 23.2. The fraction of sp³-hybridized carbons (Fsp3) is 0.381. The van der Waals surface area contributed by atoms with Gasteiger partial charge in [-0.3, -0.25) is 9.52 Å². The van der Waals surface area contributed by atoms with Crippen LogP contribution in [0.4, 0.5) is 11.4 Å². The number of sulfonamides is 2. The van der Waals surface area contributed by atoms with Gasteiger partial charge in [0.05, 0.1) is 27.9 Å². The van der Waals surface area contributed by atoms with Crippen molar-refractivity contribution in [1.29, 1.82) is 0 Å². The number of aryl methyl sites for hydroxylation is 1. The minimum Gasteiger partial charge on any atom is -0.491 e. The SMILES string of the molecule is Cc1cc(N2C(=O)C(C)(C)CS2(=O)=O)ccc1S(=O)(=O)Nc1ccc(OC(C)C)cc1. The molecule has 0 unspecified atom stereocenters. The molecule has 3 rings (SSSR count). The molecule has 1 heterocycles. The van der Waals surface area contributed by atoms with Gasteiger partial charge in [-0.25, -0.2) is 21.1 Å². The molecule has 0 aromatic heterocycles. The summed E-state index contributed by atoms with van der Waals surface area (Å²) in [4.78, 5) is 12.6. The van der Waals surface area contributed by atoms with Crippen molar-refractivity contribution in [3.63, 3.8) is 0 Å². The van der Waals surface area contributed by atoms with Crippen molar-refractivity contribution in [3.05, 3.63) is 48.0 Å². The van der Waals surface area contributed by atoms with Crippen LogP contribution in [0.5, 0.6) is 5.75 Å². The molecule has 0 aliphatic carbocycles. The van der Waals surface area contributed by atoms with Crippen molar-refractivity contribution in [1.82, 2.24) is 0 Å². The van der Waals surface area contributed by atoms with Crippen LogP contribution in [0.2, 0.25) is 0 Å². The normalized spacial score (nSPS) is 17.7. The van der Waals surface area contributed by atoms with Gasteiger partial charge in [-0.15, -0.1) is 0 Å². The van der Waals surface area contributed by atoms with Crippen molar-refractivity contribution in [2.24, 2.45) is 5.41 Å². The van der Waals surface area contributed by atoms with Gasteiger partial charge in [0.2, 0.25) is 15.9 Å². The van der Waals surface area contributed by atoms with E-state index >= 15 is 0 Å². The average Bonchev–Trinajstić information content (AvgIpc) is 2.78. The molecule has 10 heteroatoms. The third-order valence-electron chi connectivity index (χ3n) is 4.75. The molecule has 1 aliphatic heterocycles. The number of benzene rings is 2. The second-order valence-corrected chi connectivity index (χ2v) is 11.9. The summed E-state index contributed by atoms with van der Waals surface area (Å²) in [6.45, 7) is 8.48. The first kappa shape index (κ1) is 23.1. The number of anilines is 2. The molecule has 1 N–H and O–H groups in total. The maximum Gasteiger partial charge on any atom is 0.262 e. The molecule has 0 radical (unpaired) electrons. The summed E-state index contributed by atoms with van der Waals surface area (Å²) < 4.78 is 59.5. The molecule has 2 aromatic carbocycles. The summed E-state index contributed by atoms with van der Waals surface area (Å²) in [7, 11) is -7.75. The number of carbonyl (C=O) groups excluding carboxylic acids is 1. The molecular weight excluding hydrogens is 440 g/mol. The number of rotatable bonds is 6. The Balaban J connectivity index is 1.88. The predicted molar refractivity (Wildman–Crippen MR) is 119 cm³/mol. The lowest BCUT2D eigenvalue weighted by atomic mass is 9.95. The van der Waals surface area contributed by atoms with Gasteiger partial charge >= 0.3 is 0 Å². The Hall–Kier alpha value is -2.59. The fourth-order valence-electron chi connectivity index (χ4n) is 3.41. The lowest BCUT2D eigenvalue weighted by molar-refractivity contribution is -0.123. The number of ether oxygens (including phenoxy) is 1. The van der Waals surface area contributed by atoms with Crippen LogP contribution in [0.1, 0.15) is 33.3 Å². The molecule has 1 fully saturated rings. The van der Waals surface area contributed by atoms with Crippen molar-refractivity contribution in [2.75, 3.05) is 14.8 Å². The summed E-state index contributed by atoms with van der Waals surface area (Å²) in [5.74, 6) is -0.210. The molecule has 1 amide bonds. The van der Waals surface area contributed by atoms with E-state index in [1.54, 1.807) is 45.0 Å². The van der Waals surface area contributed by atoms with E-state index < -0.39 is 31.4 Å². The third kappa shape index (κ3) is 4.69. The van der Waals surface area contributed by atoms with Gasteiger partial charge in [0.25, 0.3) is 10.0 Å². The van der Waals surface area contributed by atoms with Gasteiger partial charge < -0.3 is 4.74 Å². The molecule has 8 nitrogen and oxygen atoms in total. The lowest BCUT2D eigenvalue weighted by Crippen LogP contribution is -2.33. The highest BCUT2D eigenvalue weighted by Crippen LogP contribution is 2.37. The van der Waals surface area contributed by atoms with Crippen LogP contribution in [-0.4, -0.2) is 34.6 Å². The highest BCUT2D eigenvalue weighted by molar-refractivity contribution is 7.94. The van der Waals surface area contributed by atoms with Crippen LogP contribution in [0.3, 0.4) is 0 Å². The Bertz CT molecular complexity index is 1220. The molecule has 1 saturated heterocycles. The van der Waals surface area contributed by atoms with E-state index in [-0.39, 0.29) is 22.4 Å². The summed E-state index contributed by atoms with van der Waals surface area (Å²) >= 11 is 0. The molecule has 0 atom stereocenters. The first-order chi connectivity index (χ1) is 14.2. The highest BCUT2D eigenvalue weighted by Gasteiger charge is 2.50. The molecule has 31 heavy (non-hydrogen) atoms. The van der Waals surface area contributed by atoms with Crippen LogP contribution in [0.15, 0.2) is 47.4 Å². The molecule has 0 bridgehead atoms. The summed E-state index contributed by atoms with van der Waals surface area (Å²) in [6, 6.07) is 10.5. The lowest BCUT2D eigenvalue weighted by Gasteiger charge is -2.19. The van der Waals surface area contributed by atoms with Gasteiger partial charge in [0.15, 0.2) is 0 Å². The first-order valence-corrected chi connectivity index (χ1v) is 12.8. The van der Waals surface area contributed by atoms with Crippen LogP contribution in [-0.2, 0) is 24.8 Å². The third-order valence-corrected chi connectivity index (χ3v) is 8.31. The Labute approximate surface area is 183 Å². The summed E-state index contributed by atoms with van der Waals surface area (Å²) in [5.41, 5.74) is -0.233. The number of carbonyl (C=O) groups is 1. The predicted octanol–water partition coefficient (Wildman–Crippen LogP) is 3.29. The average molecular weight is 467 g/mol. The maximum absolute atomic E-state index is 12.9. The standard InChI is InChI=1S/C21H26N2O6S2/c1-14(2)29-18-9-6-16(7-10-18)22-31(27,28)19-11-8-17(12-15(19)3)23-20(24)21(4,5)13-30(23,25)26/h6-12,14,22H,13H2,1-5H3. The number of nitrogens with one attached hydrogen (secondary N) is 1. The molecule has 168 valence electrons. The van der Waals surface area contributed by atoms with Crippen LogP contribution in [0, 0.1) is 12.3 Å². The number of nitrogens with zero attached hydrogens (tertiary/aromatic N) is 1. The highest BCUT2D eigenvalue weighted by atomic mass is 32.2. The Morgan fingerprint density at radius 1 is 1.10 bits per heavy atom. The smallest absolute Gasteiger partial charge is 0.262 e. The molecule has 0 saturated carbocycles. The summed E-state index contributed by atoms with van der Waals surface area (Å²) in [6.07, 6.45) is 0.000541. The number of hydrogen-bond acceptors (Lipinski definition) is 6. The van der Waals surface area contributed by atoms with Gasteiger partial charge in [-0.1, -0.05) is 0 Å². The molecule has 1 aliphatic rings. The van der Waals surface area contributed by atoms with Crippen molar-refractivity contribution in [2.45, 2.75) is 45.6 Å². The summed E-state index contributed by atoms with van der Waals surface area (Å²) in [5, 5.41) is 0. The zero-order valence-electron chi connectivity index (χ0n) is 18.0. The van der Waals surface area contributed by atoms with Gasteiger partial charge in [0, 0.05) is 5.69 Å². The van der Waals surface area contributed by atoms with Crippen molar-refractivity contribution < 1.29 is 26.4 Å². The van der Waals surface area contributed by atoms with E-state index in [2.05, 4.69) is 4.72 Å². The van der Waals surface area contributed by atoms with Gasteiger partial charge in [-0.2, -0.15) is 0 Å². The first-order valence-electron chi connectivity index (χ1n) is 9.70. The monoisotopic (exact) mass is 466 g/mol. The van der Waals surface area contributed by atoms with Gasteiger partial charge in [-0.05, 0) is 82.6 Å². The maximum atomic E-state index is 12.9. The van der Waals surface area contributed by atoms with Crippen LogP contribution < -0.4 is 13.8 Å². The number of amides is 1. The topological polar surface area (TPSA) is 110 Å². The van der Waals surface area contributed by atoms with Crippen LogP contribution >= 0.6 is 0 Å². The molecule has 2 aromatic rings. The van der Waals surface area contributed by atoms with E-state index in [0.717, 1.165) is 4.31 Å². The Kier molecular flexibility index (Phi) is 5.83. The van der Waals surface area contributed by atoms with E-state index in [1.165, 1.54) is 18.2 Å². The zero-order valence-corrected chi connectivity index (χ0v) is 19.7. The molecule has 0 spiro atoms. The molecular formula is C21H26N2O6S2. The van der Waals surface area contributed by atoms with Crippen molar-refractivity contribution >= 4 is 37.3 Å². The van der Waals surface area contributed by atoms with Gasteiger partial charge in [0.1, 0.15) is 5.75 Å².